The number of amides is 1. The summed E-state index contributed by atoms with van der Waals surface area (Å²) in [6.07, 6.45) is 3.27. The second kappa shape index (κ2) is 7.47. The number of benzene rings is 2. The molecule has 2 aromatic heterocycles. The van der Waals surface area contributed by atoms with Crippen LogP contribution in [0.2, 0.25) is 0 Å². The fourth-order valence-electron chi connectivity index (χ4n) is 3.31. The molecule has 0 radical (unpaired) electrons. The molecular formula is C22H19N5O3. The highest BCUT2D eigenvalue weighted by Gasteiger charge is 2.33. The van der Waals surface area contributed by atoms with Crippen LogP contribution in [0.1, 0.15) is 10.4 Å². The standard InChI is InChI=1S/C22H19N5O3/c1-26-12-17(11-23-26)22(28)27-13-19(14-27)29-18-9-7-16(8-10-18)21-24-20(25-30-21)15-5-3-2-4-6-15/h2-12,19H,13-14H2,1H3. The number of carbonyl (C=O) groups is 1. The van der Waals surface area contributed by atoms with Gasteiger partial charge in [0.25, 0.3) is 11.8 Å². The molecule has 1 saturated heterocycles. The van der Waals surface area contributed by atoms with Gasteiger partial charge in [-0.3, -0.25) is 9.48 Å². The molecule has 0 N–H and O–H groups in total. The second-order valence-corrected chi connectivity index (χ2v) is 7.17. The molecule has 1 fully saturated rings. The van der Waals surface area contributed by atoms with E-state index in [0.29, 0.717) is 30.4 Å². The van der Waals surface area contributed by atoms with Crippen molar-refractivity contribution < 1.29 is 14.1 Å². The number of hydrogen-bond acceptors (Lipinski definition) is 6. The Kier molecular flexibility index (Phi) is 4.51. The average molecular weight is 401 g/mol. The minimum absolute atomic E-state index is 0.0236. The second-order valence-electron chi connectivity index (χ2n) is 7.17. The van der Waals surface area contributed by atoms with E-state index in [-0.39, 0.29) is 12.0 Å². The molecule has 1 aliphatic heterocycles. The van der Waals surface area contributed by atoms with Crippen LogP contribution in [0.3, 0.4) is 0 Å². The molecule has 5 rings (SSSR count). The molecule has 150 valence electrons. The van der Waals surface area contributed by atoms with E-state index in [1.165, 1.54) is 0 Å². The Bertz CT molecular complexity index is 1160. The number of carbonyl (C=O) groups excluding carboxylic acids is 1. The smallest absolute Gasteiger partial charge is 0.258 e. The Hall–Kier alpha value is -3.94. The van der Waals surface area contributed by atoms with Crippen LogP contribution in [0.15, 0.2) is 71.5 Å². The first-order valence-corrected chi connectivity index (χ1v) is 9.60. The van der Waals surface area contributed by atoms with Gasteiger partial charge in [-0.1, -0.05) is 35.5 Å². The highest BCUT2D eigenvalue weighted by Crippen LogP contribution is 2.25. The van der Waals surface area contributed by atoms with Crippen molar-refractivity contribution in [3.05, 3.63) is 72.6 Å². The molecule has 0 spiro atoms. The topological polar surface area (TPSA) is 86.3 Å². The Morgan fingerprint density at radius 3 is 2.53 bits per heavy atom. The first-order chi connectivity index (χ1) is 14.7. The first-order valence-electron chi connectivity index (χ1n) is 9.60. The molecule has 4 aromatic rings. The largest absolute Gasteiger partial charge is 0.487 e. The van der Waals surface area contributed by atoms with Gasteiger partial charge in [0.2, 0.25) is 5.82 Å². The predicted molar refractivity (Wildman–Crippen MR) is 109 cm³/mol. The van der Waals surface area contributed by atoms with Crippen molar-refractivity contribution >= 4 is 5.91 Å². The Morgan fingerprint density at radius 1 is 1.07 bits per heavy atom. The maximum Gasteiger partial charge on any atom is 0.258 e. The summed E-state index contributed by atoms with van der Waals surface area (Å²) in [7, 11) is 1.79. The van der Waals surface area contributed by atoms with E-state index >= 15 is 0 Å². The monoisotopic (exact) mass is 401 g/mol. The van der Waals surface area contributed by atoms with Crippen LogP contribution >= 0.6 is 0 Å². The summed E-state index contributed by atoms with van der Waals surface area (Å²) >= 11 is 0. The molecule has 30 heavy (non-hydrogen) atoms. The number of ether oxygens (including phenoxy) is 1. The third-order valence-electron chi connectivity index (χ3n) is 4.95. The van der Waals surface area contributed by atoms with E-state index in [1.54, 1.807) is 29.0 Å². The maximum atomic E-state index is 12.3. The summed E-state index contributed by atoms with van der Waals surface area (Å²) in [6.45, 7) is 1.11. The predicted octanol–water partition coefficient (Wildman–Crippen LogP) is 3.04. The lowest BCUT2D eigenvalue weighted by molar-refractivity contribution is 0.0178. The van der Waals surface area contributed by atoms with Gasteiger partial charge in [-0.05, 0) is 24.3 Å². The van der Waals surface area contributed by atoms with E-state index in [9.17, 15) is 4.79 Å². The van der Waals surface area contributed by atoms with Gasteiger partial charge in [0.1, 0.15) is 11.9 Å². The van der Waals surface area contributed by atoms with Gasteiger partial charge in [0.05, 0.1) is 24.8 Å². The SMILES string of the molecule is Cn1cc(C(=O)N2CC(Oc3ccc(-c4nc(-c5ccccc5)no4)cc3)C2)cn1. The molecule has 0 atom stereocenters. The summed E-state index contributed by atoms with van der Waals surface area (Å²) in [5, 5.41) is 8.08. The van der Waals surface area contributed by atoms with Crippen LogP contribution in [0.25, 0.3) is 22.8 Å². The molecule has 2 aromatic carbocycles. The molecular weight excluding hydrogens is 382 g/mol. The van der Waals surface area contributed by atoms with Crippen LogP contribution in [0, 0.1) is 0 Å². The summed E-state index contributed by atoms with van der Waals surface area (Å²) in [6, 6.07) is 17.2. The van der Waals surface area contributed by atoms with Crippen LogP contribution in [-0.4, -0.2) is 49.9 Å². The van der Waals surface area contributed by atoms with Gasteiger partial charge < -0.3 is 14.2 Å². The van der Waals surface area contributed by atoms with Crippen LogP contribution in [0.4, 0.5) is 0 Å². The summed E-state index contributed by atoms with van der Waals surface area (Å²) < 4.78 is 13.0. The molecule has 0 saturated carbocycles. The molecule has 3 heterocycles. The molecule has 1 aliphatic rings. The molecule has 0 unspecified atom stereocenters. The van der Waals surface area contributed by atoms with Crippen molar-refractivity contribution in [2.75, 3.05) is 13.1 Å². The molecule has 0 aliphatic carbocycles. The minimum Gasteiger partial charge on any atom is -0.487 e. The molecule has 8 heteroatoms. The van der Waals surface area contributed by atoms with Crippen molar-refractivity contribution in [2.45, 2.75) is 6.10 Å². The molecule has 8 nitrogen and oxygen atoms in total. The quantitative estimate of drug-likeness (QED) is 0.511. The van der Waals surface area contributed by atoms with Crippen molar-refractivity contribution in [3.8, 4) is 28.6 Å². The van der Waals surface area contributed by atoms with Gasteiger partial charge >= 0.3 is 0 Å². The fourth-order valence-corrected chi connectivity index (χ4v) is 3.31. The third-order valence-corrected chi connectivity index (χ3v) is 4.95. The number of hydrogen-bond donors (Lipinski definition) is 0. The van der Waals surface area contributed by atoms with Gasteiger partial charge in [-0.15, -0.1) is 0 Å². The van der Waals surface area contributed by atoms with Crippen molar-refractivity contribution in [2.24, 2.45) is 7.05 Å². The van der Waals surface area contributed by atoms with Gasteiger partial charge in [0, 0.05) is 24.4 Å². The highest BCUT2D eigenvalue weighted by molar-refractivity contribution is 5.94. The third kappa shape index (κ3) is 3.55. The summed E-state index contributed by atoms with van der Waals surface area (Å²) in [5.41, 5.74) is 2.32. The minimum atomic E-state index is -0.0242. The maximum absolute atomic E-state index is 12.3. The molecule has 0 bridgehead atoms. The van der Waals surface area contributed by atoms with E-state index in [4.69, 9.17) is 9.26 Å². The number of nitrogens with zero attached hydrogens (tertiary/aromatic N) is 5. The number of likely N-dealkylation sites (tertiary alicyclic amines) is 1. The van der Waals surface area contributed by atoms with E-state index in [2.05, 4.69) is 15.2 Å². The molecule has 1 amide bonds. The Morgan fingerprint density at radius 2 is 1.83 bits per heavy atom. The lowest BCUT2D eigenvalue weighted by atomic mass is 10.1. The normalized spacial score (nSPS) is 13.8. The zero-order valence-corrected chi connectivity index (χ0v) is 16.3. The van der Waals surface area contributed by atoms with E-state index in [0.717, 1.165) is 16.9 Å². The Labute approximate surface area is 172 Å². The Balaban J connectivity index is 1.19. The number of rotatable bonds is 5. The van der Waals surface area contributed by atoms with E-state index < -0.39 is 0 Å². The van der Waals surface area contributed by atoms with Gasteiger partial charge in [0.15, 0.2) is 0 Å². The zero-order chi connectivity index (χ0) is 20.5. The number of aromatic nitrogens is 4. The van der Waals surface area contributed by atoms with Crippen molar-refractivity contribution in [3.63, 3.8) is 0 Å². The lowest BCUT2D eigenvalue weighted by Crippen LogP contribution is -2.56. The summed E-state index contributed by atoms with van der Waals surface area (Å²) in [5.74, 6) is 1.72. The van der Waals surface area contributed by atoms with E-state index in [1.807, 2.05) is 54.6 Å². The lowest BCUT2D eigenvalue weighted by Gasteiger charge is -2.38. The summed E-state index contributed by atoms with van der Waals surface area (Å²) in [4.78, 5) is 18.5. The first kappa shape index (κ1) is 18.1. The van der Waals surface area contributed by atoms with Gasteiger partial charge in [-0.25, -0.2) is 0 Å². The fraction of sp³-hybridized carbons (Fsp3) is 0.182. The van der Waals surface area contributed by atoms with Crippen LogP contribution < -0.4 is 4.74 Å². The van der Waals surface area contributed by atoms with Crippen molar-refractivity contribution in [1.82, 2.24) is 24.8 Å². The zero-order valence-electron chi connectivity index (χ0n) is 16.3. The average Bonchev–Trinajstić information content (AvgIpc) is 3.41. The van der Waals surface area contributed by atoms with Gasteiger partial charge in [-0.2, -0.15) is 10.1 Å². The van der Waals surface area contributed by atoms with Crippen LogP contribution in [-0.2, 0) is 7.05 Å². The number of aryl methyl sites for hydroxylation is 1. The highest BCUT2D eigenvalue weighted by atomic mass is 16.5. The van der Waals surface area contributed by atoms with Crippen LogP contribution in [0.5, 0.6) is 5.75 Å². The van der Waals surface area contributed by atoms with Crippen molar-refractivity contribution in [1.29, 1.82) is 0 Å².